The highest BCUT2D eigenvalue weighted by Crippen LogP contribution is 2.31. The molecule has 1 aliphatic rings. The van der Waals surface area contributed by atoms with Crippen molar-refractivity contribution in [1.29, 1.82) is 0 Å². The summed E-state index contributed by atoms with van der Waals surface area (Å²) in [6, 6.07) is 2.00. The average molecular weight is 337 g/mol. The summed E-state index contributed by atoms with van der Waals surface area (Å²) in [5, 5.41) is 4.30. The van der Waals surface area contributed by atoms with Gasteiger partial charge in [-0.3, -0.25) is 4.21 Å². The number of hydrogen-bond donors (Lipinski definition) is 0. The largest absolute Gasteiger partial charge is 0.378 e. The highest BCUT2D eigenvalue weighted by Gasteiger charge is 2.39. The van der Waals surface area contributed by atoms with Gasteiger partial charge in [-0.05, 0) is 12.8 Å². The van der Waals surface area contributed by atoms with Crippen molar-refractivity contribution in [3.63, 3.8) is 0 Å². The molecule has 2 aromatic rings. The van der Waals surface area contributed by atoms with Crippen molar-refractivity contribution in [2.75, 3.05) is 30.9 Å². The van der Waals surface area contributed by atoms with Crippen LogP contribution in [0.25, 0.3) is 5.78 Å². The number of aromatic nitrogens is 4. The molecule has 1 fully saturated rings. The van der Waals surface area contributed by atoms with E-state index in [9.17, 15) is 4.21 Å². The molecule has 1 unspecified atom stereocenters. The first kappa shape index (κ1) is 16.3. The van der Waals surface area contributed by atoms with Gasteiger partial charge in [0, 0.05) is 42.8 Å². The Morgan fingerprint density at radius 2 is 2.17 bits per heavy atom. The zero-order valence-corrected chi connectivity index (χ0v) is 14.7. The molecule has 0 N–H and O–H groups in total. The van der Waals surface area contributed by atoms with Gasteiger partial charge in [-0.2, -0.15) is 14.6 Å². The lowest BCUT2D eigenvalue weighted by molar-refractivity contribution is 0.181. The molecule has 1 saturated heterocycles. The molecule has 0 radical (unpaired) electrons. The highest BCUT2D eigenvalue weighted by molar-refractivity contribution is 7.86. The molecular weight excluding hydrogens is 314 g/mol. The van der Waals surface area contributed by atoms with Gasteiger partial charge in [0.15, 0.2) is 0 Å². The van der Waals surface area contributed by atoms with E-state index in [1.165, 1.54) is 6.33 Å². The van der Waals surface area contributed by atoms with Crippen molar-refractivity contribution < 1.29 is 8.95 Å². The number of fused-ring (bicyclic) bond motifs is 1. The van der Waals surface area contributed by atoms with Gasteiger partial charge < -0.3 is 9.64 Å². The van der Waals surface area contributed by atoms with Gasteiger partial charge in [0.2, 0.25) is 0 Å². The Hall–Kier alpha value is -1.54. The van der Waals surface area contributed by atoms with Crippen LogP contribution in [-0.2, 0) is 22.1 Å². The number of nitrogens with zero attached hydrogens (tertiary/aromatic N) is 5. The van der Waals surface area contributed by atoms with Crippen molar-refractivity contribution in [2.45, 2.75) is 38.0 Å². The predicted octanol–water partition coefficient (Wildman–Crippen LogP) is 1.40. The van der Waals surface area contributed by atoms with Gasteiger partial charge in [-0.1, -0.05) is 13.8 Å². The van der Waals surface area contributed by atoms with Crippen molar-refractivity contribution in [3.8, 4) is 0 Å². The fourth-order valence-corrected chi connectivity index (χ4v) is 4.95. The van der Waals surface area contributed by atoms with E-state index in [1.54, 1.807) is 11.6 Å². The SMILES string of the molecule is CCC1(CC)CN(c2cc(COC)nc3ncnn23)CCS1=O. The minimum Gasteiger partial charge on any atom is -0.378 e. The molecule has 1 atom stereocenters. The Bertz CT molecular complexity index is 713. The third-order valence-corrected chi connectivity index (χ3v) is 6.93. The summed E-state index contributed by atoms with van der Waals surface area (Å²) < 4.78 is 19.4. The second kappa shape index (κ2) is 6.52. The van der Waals surface area contributed by atoms with Crippen molar-refractivity contribution in [3.05, 3.63) is 18.1 Å². The lowest BCUT2D eigenvalue weighted by Crippen LogP contribution is -2.53. The fraction of sp³-hybridized carbons (Fsp3) is 0.667. The zero-order chi connectivity index (χ0) is 16.4. The molecule has 0 spiro atoms. The van der Waals surface area contributed by atoms with E-state index >= 15 is 0 Å². The second-order valence-corrected chi connectivity index (χ2v) is 7.84. The van der Waals surface area contributed by atoms with E-state index in [0.29, 0.717) is 18.1 Å². The lowest BCUT2D eigenvalue weighted by atomic mass is 10.0. The summed E-state index contributed by atoms with van der Waals surface area (Å²) >= 11 is 0. The van der Waals surface area contributed by atoms with Gasteiger partial charge in [0.25, 0.3) is 5.78 Å². The molecule has 0 bridgehead atoms. The molecule has 0 saturated carbocycles. The maximum Gasteiger partial charge on any atom is 0.254 e. The minimum atomic E-state index is -0.791. The predicted molar refractivity (Wildman–Crippen MR) is 90.0 cm³/mol. The maximum atomic E-state index is 12.6. The number of anilines is 1. The van der Waals surface area contributed by atoms with Crippen LogP contribution in [0.5, 0.6) is 0 Å². The summed E-state index contributed by atoms with van der Waals surface area (Å²) in [7, 11) is 0.860. The van der Waals surface area contributed by atoms with Crippen LogP contribution in [0.3, 0.4) is 0 Å². The van der Waals surface area contributed by atoms with Crippen molar-refractivity contribution in [1.82, 2.24) is 19.6 Å². The van der Waals surface area contributed by atoms with E-state index in [1.807, 2.05) is 6.07 Å². The molecule has 0 amide bonds. The zero-order valence-electron chi connectivity index (χ0n) is 13.9. The third kappa shape index (κ3) is 2.85. The smallest absolute Gasteiger partial charge is 0.254 e. The van der Waals surface area contributed by atoms with Crippen LogP contribution in [0.4, 0.5) is 5.82 Å². The summed E-state index contributed by atoms with van der Waals surface area (Å²) in [4.78, 5) is 10.9. The first-order valence-electron chi connectivity index (χ1n) is 7.95. The molecule has 23 heavy (non-hydrogen) atoms. The van der Waals surface area contributed by atoms with E-state index in [-0.39, 0.29) is 4.75 Å². The van der Waals surface area contributed by atoms with Gasteiger partial charge in [-0.15, -0.1) is 0 Å². The summed E-state index contributed by atoms with van der Waals surface area (Å²) in [6.07, 6.45) is 3.32. The number of ether oxygens (including phenoxy) is 1. The van der Waals surface area contributed by atoms with E-state index in [4.69, 9.17) is 4.74 Å². The monoisotopic (exact) mass is 337 g/mol. The average Bonchev–Trinajstić information content (AvgIpc) is 3.04. The Morgan fingerprint density at radius 3 is 2.87 bits per heavy atom. The van der Waals surface area contributed by atoms with Crippen LogP contribution >= 0.6 is 0 Å². The quantitative estimate of drug-likeness (QED) is 0.821. The molecule has 126 valence electrons. The minimum absolute atomic E-state index is 0.157. The van der Waals surface area contributed by atoms with Crippen LogP contribution < -0.4 is 4.90 Å². The second-order valence-electron chi connectivity index (χ2n) is 5.87. The van der Waals surface area contributed by atoms with Gasteiger partial charge in [0.1, 0.15) is 12.1 Å². The van der Waals surface area contributed by atoms with Crippen LogP contribution in [0.2, 0.25) is 0 Å². The molecule has 8 heteroatoms. The molecule has 2 aromatic heterocycles. The lowest BCUT2D eigenvalue weighted by Gasteiger charge is -2.42. The van der Waals surface area contributed by atoms with Crippen LogP contribution in [0, 0.1) is 0 Å². The molecule has 3 rings (SSSR count). The number of methoxy groups -OCH3 is 1. The Balaban J connectivity index is 2.02. The fourth-order valence-electron chi connectivity index (χ4n) is 3.19. The van der Waals surface area contributed by atoms with Gasteiger partial charge in [-0.25, -0.2) is 4.98 Å². The van der Waals surface area contributed by atoms with E-state index < -0.39 is 10.8 Å². The maximum absolute atomic E-state index is 12.6. The molecule has 0 aliphatic carbocycles. The summed E-state index contributed by atoms with van der Waals surface area (Å²) in [6.45, 7) is 6.19. The van der Waals surface area contributed by atoms with Crippen molar-refractivity contribution >= 4 is 22.4 Å². The molecular formula is C15H23N5O2S. The van der Waals surface area contributed by atoms with Crippen LogP contribution in [0.1, 0.15) is 32.4 Å². The first-order valence-corrected chi connectivity index (χ1v) is 9.27. The van der Waals surface area contributed by atoms with E-state index in [0.717, 1.165) is 37.4 Å². The van der Waals surface area contributed by atoms with Gasteiger partial charge >= 0.3 is 0 Å². The summed E-state index contributed by atoms with van der Waals surface area (Å²) in [5.41, 5.74) is 0.827. The highest BCUT2D eigenvalue weighted by atomic mass is 32.2. The van der Waals surface area contributed by atoms with Crippen LogP contribution in [-0.4, -0.2) is 54.5 Å². The van der Waals surface area contributed by atoms with Crippen molar-refractivity contribution in [2.24, 2.45) is 0 Å². The topological polar surface area (TPSA) is 72.6 Å². The molecule has 3 heterocycles. The first-order chi connectivity index (χ1) is 11.1. The molecule has 7 nitrogen and oxygen atoms in total. The number of rotatable bonds is 5. The normalized spacial score (nSPS) is 21.0. The third-order valence-electron chi connectivity index (χ3n) is 4.70. The Morgan fingerprint density at radius 1 is 1.39 bits per heavy atom. The molecule has 0 aromatic carbocycles. The summed E-state index contributed by atoms with van der Waals surface area (Å²) in [5.74, 6) is 2.20. The molecule has 1 aliphatic heterocycles. The Kier molecular flexibility index (Phi) is 4.63. The van der Waals surface area contributed by atoms with E-state index in [2.05, 4.69) is 33.8 Å². The Labute approximate surface area is 138 Å². The van der Waals surface area contributed by atoms with Crippen LogP contribution in [0.15, 0.2) is 12.4 Å². The number of hydrogen-bond acceptors (Lipinski definition) is 6. The van der Waals surface area contributed by atoms with Gasteiger partial charge in [0.05, 0.1) is 17.0 Å². The standard InChI is InChI=1S/C15H23N5O2S/c1-4-15(5-2)10-19(6-7-23(15)21)13-8-12(9-22-3)18-14-16-11-17-20(13)14/h8,11H,4-7,9-10H2,1-3H3.